The highest BCUT2D eigenvalue weighted by Crippen LogP contribution is 2.16. The van der Waals surface area contributed by atoms with Crippen molar-refractivity contribution < 1.29 is 28.6 Å². The van der Waals surface area contributed by atoms with E-state index in [-0.39, 0.29) is 44.0 Å². The fourth-order valence-electron chi connectivity index (χ4n) is 8.13. The Morgan fingerprint density at radius 3 is 0.944 bits per heavy atom. The molecular weight excluding hydrogens is 877 g/mol. The van der Waals surface area contributed by atoms with Crippen LogP contribution in [0, 0.1) is 0 Å². The second kappa shape index (κ2) is 58.9. The molecule has 0 aliphatic carbocycles. The highest BCUT2D eigenvalue weighted by Gasteiger charge is 2.19. The molecule has 0 aliphatic heterocycles. The number of esters is 3. The van der Waals surface area contributed by atoms with E-state index in [4.69, 9.17) is 14.2 Å². The standard InChI is InChI=1S/C65H110O6/c1-4-7-10-13-16-19-22-25-28-30-31-32-33-35-38-40-43-46-49-52-55-58-64(67)70-61-62(71-65(68)59-56-53-50-47-44-41-36-27-24-21-18-15-12-9-6-3)60-69-63(66)57-54-51-48-45-42-39-37-34-29-26-23-20-17-14-11-8-5-2/h9,12,17-18,20-21,26-27,29,36-37,39,44-45,47-48,62H,4-8,10-11,13-16,19,22-25,28,30-35,38,40-43,46,49-61H2,1-3H3/b12-9-,20-17-,21-18-,29-26-,36-27-,39-37-,47-44-,48-45-/t62-/m1/s1. The summed E-state index contributed by atoms with van der Waals surface area (Å²) in [5.74, 6) is -1.00. The van der Waals surface area contributed by atoms with Gasteiger partial charge in [-0.25, -0.2) is 0 Å². The van der Waals surface area contributed by atoms with Crippen LogP contribution in [0.3, 0.4) is 0 Å². The molecule has 0 bridgehead atoms. The molecule has 0 fully saturated rings. The van der Waals surface area contributed by atoms with Crippen LogP contribution in [-0.4, -0.2) is 37.2 Å². The Hall–Kier alpha value is -3.67. The van der Waals surface area contributed by atoms with E-state index < -0.39 is 6.10 Å². The van der Waals surface area contributed by atoms with Crippen molar-refractivity contribution in [2.24, 2.45) is 0 Å². The summed E-state index contributed by atoms with van der Waals surface area (Å²) in [5.41, 5.74) is 0. The second-order valence-corrected chi connectivity index (χ2v) is 19.5. The van der Waals surface area contributed by atoms with E-state index in [2.05, 4.69) is 118 Å². The molecule has 0 heterocycles. The van der Waals surface area contributed by atoms with Gasteiger partial charge in [0.25, 0.3) is 0 Å². The summed E-state index contributed by atoms with van der Waals surface area (Å²) in [6, 6.07) is 0. The molecule has 0 aromatic carbocycles. The SMILES string of the molecule is CC/C=C\C/C=C\C/C=C\C/C=C\CCCCC(=O)O[C@H](COC(=O)CCC/C=C\C/C=C\C/C=C\C/C=C\CCCCC)COC(=O)CCCCCCCCCCCCCCCCCCCCCCC. The molecule has 0 amide bonds. The molecule has 406 valence electrons. The molecule has 0 rings (SSSR count). The van der Waals surface area contributed by atoms with Crippen LogP contribution >= 0.6 is 0 Å². The lowest BCUT2D eigenvalue weighted by Crippen LogP contribution is -2.30. The third kappa shape index (κ3) is 57.1. The van der Waals surface area contributed by atoms with Crippen molar-refractivity contribution in [2.75, 3.05) is 13.2 Å². The van der Waals surface area contributed by atoms with Crippen LogP contribution < -0.4 is 0 Å². The maximum absolute atomic E-state index is 12.8. The summed E-state index contributed by atoms with van der Waals surface area (Å²) in [5, 5.41) is 0. The zero-order valence-corrected chi connectivity index (χ0v) is 46.5. The van der Waals surface area contributed by atoms with Gasteiger partial charge in [0.2, 0.25) is 0 Å². The van der Waals surface area contributed by atoms with Gasteiger partial charge in [0, 0.05) is 19.3 Å². The molecule has 0 spiro atoms. The van der Waals surface area contributed by atoms with Gasteiger partial charge in [-0.05, 0) is 96.3 Å². The average Bonchev–Trinajstić information content (AvgIpc) is 3.37. The van der Waals surface area contributed by atoms with Crippen molar-refractivity contribution in [1.82, 2.24) is 0 Å². The molecule has 0 N–H and O–H groups in total. The highest BCUT2D eigenvalue weighted by molar-refractivity contribution is 5.71. The Morgan fingerprint density at radius 2 is 0.563 bits per heavy atom. The highest BCUT2D eigenvalue weighted by atomic mass is 16.6. The average molecular weight is 988 g/mol. The number of allylic oxidation sites excluding steroid dienone is 16. The van der Waals surface area contributed by atoms with Crippen molar-refractivity contribution in [3.05, 3.63) is 97.2 Å². The van der Waals surface area contributed by atoms with Gasteiger partial charge >= 0.3 is 17.9 Å². The lowest BCUT2D eigenvalue weighted by Gasteiger charge is -2.18. The van der Waals surface area contributed by atoms with E-state index in [0.717, 1.165) is 83.5 Å². The molecule has 71 heavy (non-hydrogen) atoms. The van der Waals surface area contributed by atoms with Crippen LogP contribution in [0.2, 0.25) is 0 Å². The molecule has 0 aromatic rings. The molecule has 0 aromatic heterocycles. The molecule has 1 atom stereocenters. The number of hydrogen-bond donors (Lipinski definition) is 0. The van der Waals surface area contributed by atoms with Crippen molar-refractivity contribution in [2.45, 2.75) is 284 Å². The number of rotatable bonds is 53. The summed E-state index contributed by atoms with van der Waals surface area (Å²) in [4.78, 5) is 38.2. The summed E-state index contributed by atoms with van der Waals surface area (Å²) < 4.78 is 16.8. The Morgan fingerprint density at radius 1 is 0.296 bits per heavy atom. The number of ether oxygens (including phenoxy) is 3. The monoisotopic (exact) mass is 987 g/mol. The zero-order chi connectivity index (χ0) is 51.4. The minimum atomic E-state index is -0.821. The third-order valence-corrected chi connectivity index (χ3v) is 12.6. The maximum Gasteiger partial charge on any atom is 0.306 e. The Kier molecular flexibility index (Phi) is 55.9. The van der Waals surface area contributed by atoms with E-state index >= 15 is 0 Å². The molecule has 6 nitrogen and oxygen atoms in total. The summed E-state index contributed by atoms with van der Waals surface area (Å²) >= 11 is 0. The van der Waals surface area contributed by atoms with E-state index in [9.17, 15) is 14.4 Å². The Balaban J connectivity index is 4.45. The van der Waals surface area contributed by atoms with Crippen LogP contribution in [-0.2, 0) is 28.6 Å². The quantitative estimate of drug-likeness (QED) is 0.0261. The Bertz CT molecular complexity index is 1410. The first-order valence-electron chi connectivity index (χ1n) is 29.7. The first-order chi connectivity index (χ1) is 35.0. The van der Waals surface area contributed by atoms with Gasteiger partial charge in [0.05, 0.1) is 0 Å². The van der Waals surface area contributed by atoms with Gasteiger partial charge in [0.1, 0.15) is 13.2 Å². The normalized spacial score (nSPS) is 12.8. The summed E-state index contributed by atoms with van der Waals surface area (Å²) in [6.45, 7) is 6.44. The molecular formula is C65H110O6. The Labute approximate surface area is 438 Å². The van der Waals surface area contributed by atoms with Crippen molar-refractivity contribution in [3.8, 4) is 0 Å². The molecule has 0 radical (unpaired) electrons. The lowest BCUT2D eigenvalue weighted by atomic mass is 10.0. The van der Waals surface area contributed by atoms with E-state index in [1.807, 2.05) is 0 Å². The summed E-state index contributed by atoms with van der Waals surface area (Å²) in [7, 11) is 0. The van der Waals surface area contributed by atoms with Gasteiger partial charge < -0.3 is 14.2 Å². The third-order valence-electron chi connectivity index (χ3n) is 12.6. The van der Waals surface area contributed by atoms with Gasteiger partial charge in [-0.15, -0.1) is 0 Å². The smallest absolute Gasteiger partial charge is 0.306 e. The fraction of sp³-hybridized carbons (Fsp3) is 0.708. The zero-order valence-electron chi connectivity index (χ0n) is 46.5. The van der Waals surface area contributed by atoms with Crippen LogP contribution in [0.25, 0.3) is 0 Å². The molecule has 0 aliphatic rings. The minimum Gasteiger partial charge on any atom is -0.462 e. The molecule has 6 heteroatoms. The fourth-order valence-corrected chi connectivity index (χ4v) is 8.13. The lowest BCUT2D eigenvalue weighted by molar-refractivity contribution is -0.167. The first-order valence-corrected chi connectivity index (χ1v) is 29.7. The van der Waals surface area contributed by atoms with Crippen LogP contribution in [0.5, 0.6) is 0 Å². The number of carbonyl (C=O) groups excluding carboxylic acids is 3. The largest absolute Gasteiger partial charge is 0.462 e. The molecule has 0 saturated heterocycles. The predicted molar refractivity (Wildman–Crippen MR) is 307 cm³/mol. The molecule has 0 saturated carbocycles. The van der Waals surface area contributed by atoms with E-state index in [1.54, 1.807) is 0 Å². The van der Waals surface area contributed by atoms with Gasteiger partial charge in [-0.2, -0.15) is 0 Å². The van der Waals surface area contributed by atoms with Gasteiger partial charge in [-0.1, -0.05) is 259 Å². The molecule has 0 unspecified atom stereocenters. The number of unbranched alkanes of at least 4 members (excludes halogenated alkanes) is 26. The van der Waals surface area contributed by atoms with Crippen LogP contribution in [0.4, 0.5) is 0 Å². The van der Waals surface area contributed by atoms with Gasteiger partial charge in [-0.3, -0.25) is 14.4 Å². The van der Waals surface area contributed by atoms with Crippen molar-refractivity contribution in [1.29, 1.82) is 0 Å². The minimum absolute atomic E-state index is 0.110. The topological polar surface area (TPSA) is 78.9 Å². The summed E-state index contributed by atoms with van der Waals surface area (Å²) in [6.07, 6.45) is 78.4. The van der Waals surface area contributed by atoms with Crippen LogP contribution in [0.15, 0.2) is 97.2 Å². The number of carbonyl (C=O) groups is 3. The van der Waals surface area contributed by atoms with Crippen LogP contribution in [0.1, 0.15) is 278 Å². The van der Waals surface area contributed by atoms with Crippen molar-refractivity contribution >= 4 is 17.9 Å². The maximum atomic E-state index is 12.8. The van der Waals surface area contributed by atoms with Gasteiger partial charge in [0.15, 0.2) is 6.10 Å². The van der Waals surface area contributed by atoms with E-state index in [1.165, 1.54) is 141 Å². The van der Waals surface area contributed by atoms with Crippen molar-refractivity contribution in [3.63, 3.8) is 0 Å². The predicted octanol–water partition coefficient (Wildman–Crippen LogP) is 20.1. The second-order valence-electron chi connectivity index (χ2n) is 19.5. The number of hydrogen-bond acceptors (Lipinski definition) is 6. The first kappa shape index (κ1) is 67.3. The van der Waals surface area contributed by atoms with E-state index in [0.29, 0.717) is 19.3 Å².